The molecule has 3 rings (SSSR count). The molecule has 0 saturated carbocycles. The van der Waals surface area contributed by atoms with Crippen molar-refractivity contribution < 1.29 is 8.60 Å². The summed E-state index contributed by atoms with van der Waals surface area (Å²) in [6.07, 6.45) is 6.90. The summed E-state index contributed by atoms with van der Waals surface area (Å²) in [6, 6.07) is 17.8. The summed E-state index contributed by atoms with van der Waals surface area (Å²) in [4.78, 5) is 4.86. The van der Waals surface area contributed by atoms with Gasteiger partial charge in [0.25, 0.3) is 0 Å². The minimum Gasteiger partial charge on any atom is -0.380 e. The monoisotopic (exact) mass is 392 g/mol. The van der Waals surface area contributed by atoms with Crippen molar-refractivity contribution in [3.63, 3.8) is 0 Å². The molecule has 3 nitrogen and oxygen atoms in total. The third-order valence-electron chi connectivity index (χ3n) is 4.32. The van der Waals surface area contributed by atoms with E-state index >= 15 is 0 Å². The maximum Gasteiger partial charge on any atom is 0.123 e. The third kappa shape index (κ3) is 4.81. The van der Waals surface area contributed by atoms with Gasteiger partial charge in [0, 0.05) is 52.2 Å². The van der Waals surface area contributed by atoms with Crippen LogP contribution in [0.2, 0.25) is 0 Å². The standard InChI is InChI=1S/C23H21FN2OS/c1-3-22(18-12-14-25-15-13-18)23(19-6-8-20(24)9-7-19)26-16-17-4-10-21(11-5-17)28(2)27/h3-15,26H,1,16H2,2H3/b23-22+/t28-/m0/s1. The van der Waals surface area contributed by atoms with Gasteiger partial charge in [-0.3, -0.25) is 9.19 Å². The zero-order chi connectivity index (χ0) is 19.9. The second-order valence-electron chi connectivity index (χ2n) is 6.19. The molecular weight excluding hydrogens is 371 g/mol. The first-order chi connectivity index (χ1) is 13.6. The summed E-state index contributed by atoms with van der Waals surface area (Å²) in [6.45, 7) is 4.52. The molecule has 1 N–H and O–H groups in total. The Morgan fingerprint density at radius 2 is 1.68 bits per heavy atom. The molecule has 2 aromatic carbocycles. The molecule has 1 aromatic heterocycles. The van der Waals surface area contributed by atoms with Crippen molar-refractivity contribution in [2.75, 3.05) is 6.26 Å². The van der Waals surface area contributed by atoms with Crippen molar-refractivity contribution in [1.82, 2.24) is 10.3 Å². The van der Waals surface area contributed by atoms with Gasteiger partial charge in [-0.15, -0.1) is 0 Å². The average molecular weight is 392 g/mol. The molecule has 0 aliphatic heterocycles. The summed E-state index contributed by atoms with van der Waals surface area (Å²) in [7, 11) is -1.00. The van der Waals surface area contributed by atoms with E-state index < -0.39 is 10.8 Å². The van der Waals surface area contributed by atoms with Gasteiger partial charge >= 0.3 is 0 Å². The van der Waals surface area contributed by atoms with Gasteiger partial charge in [-0.05, 0) is 65.2 Å². The molecule has 0 bridgehead atoms. The number of nitrogens with zero attached hydrogens (tertiary/aromatic N) is 1. The van der Waals surface area contributed by atoms with E-state index in [-0.39, 0.29) is 5.82 Å². The lowest BCUT2D eigenvalue weighted by atomic mass is 10.00. The summed E-state index contributed by atoms with van der Waals surface area (Å²) < 4.78 is 25.0. The highest BCUT2D eigenvalue weighted by Gasteiger charge is 2.10. The van der Waals surface area contributed by atoms with Crippen LogP contribution in [0.1, 0.15) is 16.7 Å². The number of aromatic nitrogens is 1. The van der Waals surface area contributed by atoms with E-state index in [1.165, 1.54) is 12.1 Å². The maximum absolute atomic E-state index is 13.4. The first-order valence-corrected chi connectivity index (χ1v) is 10.3. The second-order valence-corrected chi connectivity index (χ2v) is 7.57. The smallest absolute Gasteiger partial charge is 0.123 e. The lowest BCUT2D eigenvalue weighted by Crippen LogP contribution is -2.14. The van der Waals surface area contributed by atoms with Gasteiger partial charge < -0.3 is 5.32 Å². The Morgan fingerprint density at radius 3 is 2.25 bits per heavy atom. The molecular formula is C23H21FN2OS. The summed E-state index contributed by atoms with van der Waals surface area (Å²) in [5.41, 5.74) is 4.63. The molecule has 0 unspecified atom stereocenters. The number of benzene rings is 2. The van der Waals surface area contributed by atoms with Crippen molar-refractivity contribution >= 4 is 22.1 Å². The highest BCUT2D eigenvalue weighted by atomic mass is 32.2. The Morgan fingerprint density at radius 1 is 1.04 bits per heavy atom. The zero-order valence-corrected chi connectivity index (χ0v) is 16.4. The van der Waals surface area contributed by atoms with Gasteiger partial charge in [-0.25, -0.2) is 4.39 Å². The molecule has 0 radical (unpaired) electrons. The lowest BCUT2D eigenvalue weighted by Gasteiger charge is -2.16. The van der Waals surface area contributed by atoms with Crippen LogP contribution in [0.4, 0.5) is 4.39 Å². The van der Waals surface area contributed by atoms with Crippen molar-refractivity contribution in [2.45, 2.75) is 11.4 Å². The van der Waals surface area contributed by atoms with Crippen molar-refractivity contribution in [2.24, 2.45) is 0 Å². The highest BCUT2D eigenvalue weighted by molar-refractivity contribution is 7.84. The third-order valence-corrected chi connectivity index (χ3v) is 5.26. The lowest BCUT2D eigenvalue weighted by molar-refractivity contribution is 0.627. The Hall–Kier alpha value is -3.05. The van der Waals surface area contributed by atoms with E-state index in [1.807, 2.05) is 36.4 Å². The fourth-order valence-electron chi connectivity index (χ4n) is 2.85. The summed E-state index contributed by atoms with van der Waals surface area (Å²) in [5, 5.41) is 3.46. The summed E-state index contributed by atoms with van der Waals surface area (Å²) in [5.74, 6) is -0.282. The Labute approximate surface area is 167 Å². The maximum atomic E-state index is 13.4. The molecule has 0 fully saturated rings. The Balaban J connectivity index is 1.96. The topological polar surface area (TPSA) is 42.0 Å². The predicted octanol–water partition coefficient (Wildman–Crippen LogP) is 4.80. The van der Waals surface area contributed by atoms with Crippen LogP contribution < -0.4 is 5.32 Å². The minimum atomic E-state index is -1.00. The summed E-state index contributed by atoms with van der Waals surface area (Å²) >= 11 is 0. The van der Waals surface area contributed by atoms with Crippen LogP contribution in [-0.4, -0.2) is 15.4 Å². The fourth-order valence-corrected chi connectivity index (χ4v) is 3.37. The molecule has 1 heterocycles. The Kier molecular flexibility index (Phi) is 6.50. The van der Waals surface area contributed by atoms with Gasteiger partial charge in [-0.2, -0.15) is 0 Å². The van der Waals surface area contributed by atoms with Gasteiger partial charge in [0.15, 0.2) is 0 Å². The number of hydrogen-bond donors (Lipinski definition) is 1. The molecule has 28 heavy (non-hydrogen) atoms. The van der Waals surface area contributed by atoms with E-state index in [0.29, 0.717) is 6.54 Å². The normalized spacial score (nSPS) is 12.8. The van der Waals surface area contributed by atoms with Crippen LogP contribution in [0, 0.1) is 5.82 Å². The molecule has 0 aliphatic carbocycles. The molecule has 142 valence electrons. The van der Waals surface area contributed by atoms with Gasteiger partial charge in [0.1, 0.15) is 5.82 Å². The number of halogens is 1. The van der Waals surface area contributed by atoms with Crippen LogP contribution in [0.3, 0.4) is 0 Å². The average Bonchev–Trinajstić information content (AvgIpc) is 2.73. The number of allylic oxidation sites excluding steroid dienone is 2. The van der Waals surface area contributed by atoms with Crippen LogP contribution >= 0.6 is 0 Å². The molecule has 0 saturated heterocycles. The van der Waals surface area contributed by atoms with Crippen molar-refractivity contribution in [3.8, 4) is 0 Å². The van der Waals surface area contributed by atoms with E-state index in [1.54, 1.807) is 36.9 Å². The first-order valence-electron chi connectivity index (χ1n) is 8.78. The number of pyridine rings is 1. The van der Waals surface area contributed by atoms with Crippen molar-refractivity contribution in [1.29, 1.82) is 0 Å². The molecule has 0 amide bonds. The van der Waals surface area contributed by atoms with Gasteiger partial charge in [-0.1, -0.05) is 24.8 Å². The molecule has 1 atom stereocenters. The Bertz CT molecular complexity index is 997. The number of nitrogens with one attached hydrogen (secondary N) is 1. The van der Waals surface area contributed by atoms with E-state index in [0.717, 1.165) is 32.9 Å². The molecule has 0 spiro atoms. The van der Waals surface area contributed by atoms with Crippen LogP contribution in [0.25, 0.3) is 11.3 Å². The SMILES string of the molecule is C=C/C(=C(\NCc1ccc([S@](C)=O)cc1)c1ccc(F)cc1)c1ccncc1. The van der Waals surface area contributed by atoms with Crippen LogP contribution in [0.15, 0.2) is 90.6 Å². The second kappa shape index (κ2) is 9.24. The highest BCUT2D eigenvalue weighted by Crippen LogP contribution is 2.26. The van der Waals surface area contributed by atoms with Crippen LogP contribution in [0.5, 0.6) is 0 Å². The van der Waals surface area contributed by atoms with Gasteiger partial charge in [0.05, 0.1) is 0 Å². The molecule has 3 aromatic rings. The quantitative estimate of drug-likeness (QED) is 0.587. The van der Waals surface area contributed by atoms with Crippen LogP contribution in [-0.2, 0) is 17.3 Å². The predicted molar refractivity (Wildman–Crippen MR) is 113 cm³/mol. The molecule has 5 heteroatoms. The van der Waals surface area contributed by atoms with E-state index in [2.05, 4.69) is 16.9 Å². The fraction of sp³-hybridized carbons (Fsp3) is 0.0870. The largest absolute Gasteiger partial charge is 0.380 e. The number of rotatable bonds is 7. The van der Waals surface area contributed by atoms with Crippen molar-refractivity contribution in [3.05, 3.63) is 108 Å². The minimum absolute atomic E-state index is 0.282. The van der Waals surface area contributed by atoms with E-state index in [4.69, 9.17) is 0 Å². The zero-order valence-electron chi connectivity index (χ0n) is 15.6. The van der Waals surface area contributed by atoms with E-state index in [9.17, 15) is 8.60 Å². The van der Waals surface area contributed by atoms with Gasteiger partial charge in [0.2, 0.25) is 0 Å². The molecule has 0 aliphatic rings. The number of hydrogen-bond acceptors (Lipinski definition) is 3. The first kappa shape index (κ1) is 19.7.